The van der Waals surface area contributed by atoms with Gasteiger partial charge in [0.25, 0.3) is 5.69 Å². The number of benzene rings is 1. The van der Waals surface area contributed by atoms with Crippen LogP contribution in [0.15, 0.2) is 35.7 Å². The number of thiophene rings is 1. The molecule has 0 aliphatic rings. The number of hydrogen-bond donors (Lipinski definition) is 1. The maximum Gasteiger partial charge on any atom is 0.293 e. The summed E-state index contributed by atoms with van der Waals surface area (Å²) in [6.45, 7) is 2.57. The molecule has 2 rings (SSSR count). The number of para-hydroxylation sites is 1. The fourth-order valence-corrected chi connectivity index (χ4v) is 2.90. The largest absolute Gasteiger partial charge is 0.319 e. The molecule has 0 radical (unpaired) electrons. The highest BCUT2D eigenvalue weighted by atomic mass is 32.1. The number of nitro benzene ring substituents is 1. The Hall–Kier alpha value is -2.25. The Labute approximate surface area is 132 Å². The van der Waals surface area contributed by atoms with E-state index in [0.29, 0.717) is 12.1 Å². The molecule has 6 nitrogen and oxygen atoms in total. The number of carbonyl (C=O) groups is 1. The van der Waals surface area contributed by atoms with Crippen LogP contribution in [0, 0.1) is 17.0 Å². The second-order valence-corrected chi connectivity index (χ2v) is 6.06. The fourth-order valence-electron chi connectivity index (χ4n) is 2.12. The first-order chi connectivity index (χ1) is 10.5. The average Bonchev–Trinajstić information content (AvgIpc) is 2.93. The second kappa shape index (κ2) is 7.15. The molecular weight excluding hydrogens is 302 g/mol. The van der Waals surface area contributed by atoms with Crippen LogP contribution >= 0.6 is 11.3 Å². The van der Waals surface area contributed by atoms with Crippen LogP contribution in [0.2, 0.25) is 0 Å². The van der Waals surface area contributed by atoms with Crippen LogP contribution in [-0.4, -0.2) is 29.3 Å². The van der Waals surface area contributed by atoms with Crippen LogP contribution in [-0.2, 0) is 11.3 Å². The third-order valence-electron chi connectivity index (χ3n) is 3.13. The van der Waals surface area contributed by atoms with Gasteiger partial charge >= 0.3 is 0 Å². The summed E-state index contributed by atoms with van der Waals surface area (Å²) in [5.74, 6) is -0.267. The zero-order valence-electron chi connectivity index (χ0n) is 12.4. The smallest absolute Gasteiger partial charge is 0.293 e. The van der Waals surface area contributed by atoms with Crippen molar-refractivity contribution in [2.24, 2.45) is 0 Å². The van der Waals surface area contributed by atoms with Crippen LogP contribution in [0.5, 0.6) is 0 Å². The van der Waals surface area contributed by atoms with Gasteiger partial charge in [-0.05, 0) is 31.0 Å². The van der Waals surface area contributed by atoms with Gasteiger partial charge in [-0.15, -0.1) is 11.3 Å². The SMILES string of the molecule is Cc1cccc([N+](=O)[O-])c1NC(=O)CN(C)Cc1cccs1. The van der Waals surface area contributed by atoms with E-state index in [-0.39, 0.29) is 23.8 Å². The Morgan fingerprint density at radius 2 is 2.14 bits per heavy atom. The molecule has 1 N–H and O–H groups in total. The predicted octanol–water partition coefficient (Wildman–Crippen LogP) is 3.04. The maximum atomic E-state index is 12.1. The Balaban J connectivity index is 2.01. The van der Waals surface area contributed by atoms with Crippen molar-refractivity contribution in [1.29, 1.82) is 0 Å². The Kier molecular flexibility index (Phi) is 5.24. The van der Waals surface area contributed by atoms with Crippen molar-refractivity contribution in [3.05, 3.63) is 56.3 Å². The minimum atomic E-state index is -0.488. The number of hydrogen-bond acceptors (Lipinski definition) is 5. The van der Waals surface area contributed by atoms with Gasteiger partial charge in [0, 0.05) is 17.5 Å². The van der Waals surface area contributed by atoms with Crippen molar-refractivity contribution < 1.29 is 9.72 Å². The quantitative estimate of drug-likeness (QED) is 0.656. The average molecular weight is 319 g/mol. The van der Waals surface area contributed by atoms with Crippen molar-refractivity contribution in [1.82, 2.24) is 4.90 Å². The number of anilines is 1. The summed E-state index contributed by atoms with van der Waals surface area (Å²) in [6.07, 6.45) is 0. The fraction of sp³-hybridized carbons (Fsp3) is 0.267. The van der Waals surface area contributed by atoms with E-state index in [2.05, 4.69) is 5.32 Å². The summed E-state index contributed by atoms with van der Waals surface area (Å²) < 4.78 is 0. The molecule has 0 aliphatic carbocycles. The third-order valence-corrected chi connectivity index (χ3v) is 3.99. The van der Waals surface area contributed by atoms with Crippen LogP contribution in [0.4, 0.5) is 11.4 Å². The number of rotatable bonds is 6. The van der Waals surface area contributed by atoms with Gasteiger partial charge in [0.2, 0.25) is 5.91 Å². The number of carbonyl (C=O) groups excluding carboxylic acids is 1. The summed E-state index contributed by atoms with van der Waals surface area (Å²) in [5, 5.41) is 15.7. The van der Waals surface area contributed by atoms with Crippen LogP contribution in [0.1, 0.15) is 10.4 Å². The van der Waals surface area contributed by atoms with Crippen LogP contribution < -0.4 is 5.32 Å². The van der Waals surface area contributed by atoms with Crippen LogP contribution in [0.3, 0.4) is 0 Å². The first kappa shape index (κ1) is 16.1. The van der Waals surface area contributed by atoms with Gasteiger partial charge < -0.3 is 5.32 Å². The lowest BCUT2D eigenvalue weighted by Crippen LogP contribution is -2.30. The summed E-state index contributed by atoms with van der Waals surface area (Å²) in [5.41, 5.74) is 0.847. The minimum Gasteiger partial charge on any atom is -0.319 e. The molecule has 22 heavy (non-hydrogen) atoms. The molecule has 1 aromatic heterocycles. The molecule has 0 fully saturated rings. The molecule has 0 bridgehead atoms. The lowest BCUT2D eigenvalue weighted by molar-refractivity contribution is -0.384. The summed E-state index contributed by atoms with van der Waals surface area (Å²) in [6, 6.07) is 8.69. The number of nitro groups is 1. The Morgan fingerprint density at radius 3 is 2.77 bits per heavy atom. The molecule has 1 amide bonds. The van der Waals surface area contributed by atoms with Crippen molar-refractivity contribution in [2.75, 3.05) is 18.9 Å². The molecule has 0 aliphatic heterocycles. The molecule has 0 unspecified atom stereocenters. The highest BCUT2D eigenvalue weighted by Gasteiger charge is 2.18. The van der Waals surface area contributed by atoms with Gasteiger partial charge in [-0.1, -0.05) is 18.2 Å². The highest BCUT2D eigenvalue weighted by Crippen LogP contribution is 2.27. The van der Waals surface area contributed by atoms with E-state index in [4.69, 9.17) is 0 Å². The van der Waals surface area contributed by atoms with E-state index in [9.17, 15) is 14.9 Å². The van der Waals surface area contributed by atoms with E-state index in [1.54, 1.807) is 30.4 Å². The second-order valence-electron chi connectivity index (χ2n) is 5.03. The molecule has 116 valence electrons. The zero-order valence-corrected chi connectivity index (χ0v) is 13.2. The minimum absolute atomic E-state index is 0.0886. The predicted molar refractivity (Wildman–Crippen MR) is 87.1 cm³/mol. The molecule has 1 aromatic carbocycles. The van der Waals surface area contributed by atoms with Gasteiger partial charge in [-0.2, -0.15) is 0 Å². The molecule has 0 spiro atoms. The number of amides is 1. The first-order valence-corrected chi connectivity index (χ1v) is 7.60. The summed E-state index contributed by atoms with van der Waals surface area (Å²) in [4.78, 5) is 25.7. The number of likely N-dealkylation sites (N-methyl/N-ethyl adjacent to an activating group) is 1. The van der Waals surface area contributed by atoms with Crippen molar-refractivity contribution in [3.8, 4) is 0 Å². The summed E-state index contributed by atoms with van der Waals surface area (Å²) >= 11 is 1.63. The molecular formula is C15H17N3O3S. The van der Waals surface area contributed by atoms with Crippen molar-refractivity contribution >= 4 is 28.6 Å². The van der Waals surface area contributed by atoms with E-state index in [1.807, 2.05) is 29.5 Å². The van der Waals surface area contributed by atoms with Gasteiger partial charge in [0.05, 0.1) is 11.5 Å². The standard InChI is InChI=1S/C15H17N3O3S/c1-11-5-3-7-13(18(20)21)15(11)16-14(19)10-17(2)9-12-6-4-8-22-12/h3-8H,9-10H2,1-2H3,(H,16,19). The molecule has 0 atom stereocenters. The Morgan fingerprint density at radius 1 is 1.36 bits per heavy atom. The van der Waals surface area contributed by atoms with E-state index >= 15 is 0 Å². The maximum absolute atomic E-state index is 12.1. The molecule has 0 saturated heterocycles. The normalized spacial score (nSPS) is 10.7. The van der Waals surface area contributed by atoms with Gasteiger partial charge in [0.15, 0.2) is 0 Å². The monoisotopic (exact) mass is 319 g/mol. The lowest BCUT2D eigenvalue weighted by Gasteiger charge is -2.16. The first-order valence-electron chi connectivity index (χ1n) is 6.72. The number of nitrogens with one attached hydrogen (secondary N) is 1. The molecule has 2 aromatic rings. The summed E-state index contributed by atoms with van der Waals surface area (Å²) in [7, 11) is 1.84. The van der Waals surface area contributed by atoms with Crippen molar-refractivity contribution in [3.63, 3.8) is 0 Å². The zero-order chi connectivity index (χ0) is 16.1. The van der Waals surface area contributed by atoms with E-state index in [0.717, 1.165) is 4.88 Å². The molecule has 1 heterocycles. The van der Waals surface area contributed by atoms with Gasteiger partial charge in [-0.25, -0.2) is 0 Å². The van der Waals surface area contributed by atoms with Crippen LogP contribution in [0.25, 0.3) is 0 Å². The Bertz CT molecular complexity index is 671. The number of nitrogens with zero attached hydrogens (tertiary/aromatic N) is 2. The van der Waals surface area contributed by atoms with Crippen molar-refractivity contribution in [2.45, 2.75) is 13.5 Å². The number of aryl methyl sites for hydroxylation is 1. The van der Waals surface area contributed by atoms with Gasteiger partial charge in [0.1, 0.15) is 5.69 Å². The lowest BCUT2D eigenvalue weighted by atomic mass is 10.1. The molecule has 0 saturated carbocycles. The third kappa shape index (κ3) is 4.12. The highest BCUT2D eigenvalue weighted by molar-refractivity contribution is 7.09. The topological polar surface area (TPSA) is 75.5 Å². The van der Waals surface area contributed by atoms with Gasteiger partial charge in [-0.3, -0.25) is 19.8 Å². The molecule has 7 heteroatoms. The van der Waals surface area contributed by atoms with E-state index in [1.165, 1.54) is 6.07 Å². The van der Waals surface area contributed by atoms with E-state index < -0.39 is 4.92 Å².